The van der Waals surface area contributed by atoms with E-state index in [1.54, 1.807) is 24.0 Å². The Labute approximate surface area is 156 Å². The fourth-order valence-electron chi connectivity index (χ4n) is 2.78. The molecule has 1 saturated heterocycles. The lowest BCUT2D eigenvalue weighted by Gasteiger charge is -2.34. The maximum absolute atomic E-state index is 12.4. The van der Waals surface area contributed by atoms with Crippen LogP contribution in [0.25, 0.3) is 11.4 Å². The number of hydrogen-bond acceptors (Lipinski definition) is 6. The van der Waals surface area contributed by atoms with E-state index in [-0.39, 0.29) is 12.6 Å². The first-order valence-corrected chi connectivity index (χ1v) is 8.93. The summed E-state index contributed by atoms with van der Waals surface area (Å²) >= 11 is 5.88. The molecule has 0 radical (unpaired) electrons. The van der Waals surface area contributed by atoms with E-state index < -0.39 is 6.04 Å². The van der Waals surface area contributed by atoms with Crippen molar-refractivity contribution in [2.75, 3.05) is 39.3 Å². The summed E-state index contributed by atoms with van der Waals surface area (Å²) in [6.07, 6.45) is 0. The van der Waals surface area contributed by atoms with Gasteiger partial charge in [-0.3, -0.25) is 4.90 Å². The summed E-state index contributed by atoms with van der Waals surface area (Å²) in [5, 5.41) is 16.5. The summed E-state index contributed by atoms with van der Waals surface area (Å²) in [5.74, 6) is 0.803. The first kappa shape index (κ1) is 18.6. The van der Waals surface area contributed by atoms with Gasteiger partial charge in [-0.15, -0.1) is 0 Å². The molecule has 0 unspecified atom stereocenters. The van der Waals surface area contributed by atoms with Gasteiger partial charge in [0.05, 0.1) is 6.61 Å². The zero-order valence-electron chi connectivity index (χ0n) is 14.6. The van der Waals surface area contributed by atoms with Gasteiger partial charge in [-0.2, -0.15) is 4.98 Å². The molecule has 1 aromatic carbocycles. The van der Waals surface area contributed by atoms with Crippen molar-refractivity contribution < 1.29 is 14.4 Å². The molecule has 8 nitrogen and oxygen atoms in total. The smallest absolute Gasteiger partial charge is 0.318 e. The van der Waals surface area contributed by atoms with Crippen LogP contribution in [0.15, 0.2) is 28.8 Å². The highest BCUT2D eigenvalue weighted by Gasteiger charge is 2.24. The first-order chi connectivity index (χ1) is 12.6. The van der Waals surface area contributed by atoms with Crippen molar-refractivity contribution in [2.24, 2.45) is 0 Å². The second kappa shape index (κ2) is 8.48. The van der Waals surface area contributed by atoms with Crippen molar-refractivity contribution in [3.63, 3.8) is 0 Å². The van der Waals surface area contributed by atoms with Gasteiger partial charge in [-0.1, -0.05) is 16.8 Å². The van der Waals surface area contributed by atoms with Gasteiger partial charge in [0.25, 0.3) is 0 Å². The molecule has 0 saturated carbocycles. The van der Waals surface area contributed by atoms with Gasteiger partial charge in [0.1, 0.15) is 6.04 Å². The molecule has 0 bridgehead atoms. The minimum atomic E-state index is -0.397. The number of hydrogen-bond donors (Lipinski definition) is 2. The van der Waals surface area contributed by atoms with Gasteiger partial charge in [0.15, 0.2) is 0 Å². The summed E-state index contributed by atoms with van der Waals surface area (Å²) in [6, 6.07) is 6.58. The zero-order valence-corrected chi connectivity index (χ0v) is 15.3. The number of carbonyl (C=O) groups excluding carboxylic acids is 1. The van der Waals surface area contributed by atoms with Gasteiger partial charge < -0.3 is 19.8 Å². The molecule has 3 rings (SSSR count). The Kier molecular flexibility index (Phi) is 6.08. The van der Waals surface area contributed by atoms with Crippen molar-refractivity contribution in [1.29, 1.82) is 0 Å². The average molecular weight is 380 g/mol. The number of urea groups is 1. The summed E-state index contributed by atoms with van der Waals surface area (Å²) in [4.78, 5) is 20.6. The molecule has 2 aromatic rings. The van der Waals surface area contributed by atoms with Crippen molar-refractivity contribution >= 4 is 17.6 Å². The van der Waals surface area contributed by atoms with E-state index in [9.17, 15) is 4.79 Å². The molecule has 2 amide bonds. The SMILES string of the molecule is C[C@H](NC(=O)N1CCN(CCO)CC1)c1nc(-c2ccc(Cl)cc2)no1. The molecule has 26 heavy (non-hydrogen) atoms. The van der Waals surface area contributed by atoms with E-state index >= 15 is 0 Å². The zero-order chi connectivity index (χ0) is 18.5. The van der Waals surface area contributed by atoms with Gasteiger partial charge in [-0.05, 0) is 31.2 Å². The van der Waals surface area contributed by atoms with Crippen LogP contribution < -0.4 is 5.32 Å². The molecule has 1 aromatic heterocycles. The van der Waals surface area contributed by atoms with Crippen LogP contribution in [0.4, 0.5) is 4.79 Å². The fourth-order valence-corrected chi connectivity index (χ4v) is 2.91. The predicted octanol–water partition coefficient (Wildman–Crippen LogP) is 1.77. The first-order valence-electron chi connectivity index (χ1n) is 8.55. The van der Waals surface area contributed by atoms with E-state index in [2.05, 4.69) is 20.4 Å². The van der Waals surface area contributed by atoms with Crippen molar-refractivity contribution in [3.8, 4) is 11.4 Å². The number of aromatic nitrogens is 2. The van der Waals surface area contributed by atoms with Crippen molar-refractivity contribution in [3.05, 3.63) is 35.2 Å². The standard InChI is InChI=1S/C17H22ClN5O3/c1-12(19-17(25)23-8-6-22(7-9-23)10-11-24)16-20-15(21-26-16)13-2-4-14(18)5-3-13/h2-5,12,24H,6-11H2,1H3,(H,19,25)/t12-/m0/s1. The maximum atomic E-state index is 12.4. The second-order valence-corrected chi connectivity index (χ2v) is 6.62. The molecule has 2 heterocycles. The lowest BCUT2D eigenvalue weighted by molar-refractivity contribution is 0.120. The minimum Gasteiger partial charge on any atom is -0.395 e. The van der Waals surface area contributed by atoms with E-state index in [4.69, 9.17) is 21.2 Å². The van der Waals surface area contributed by atoms with Gasteiger partial charge in [0, 0.05) is 43.3 Å². The number of rotatable bonds is 5. The number of aliphatic hydroxyl groups excluding tert-OH is 1. The highest BCUT2D eigenvalue weighted by atomic mass is 35.5. The quantitative estimate of drug-likeness (QED) is 0.822. The molecule has 1 aliphatic heterocycles. The van der Waals surface area contributed by atoms with E-state index in [1.807, 2.05) is 12.1 Å². The largest absolute Gasteiger partial charge is 0.395 e. The number of carbonyl (C=O) groups is 1. The molecular weight excluding hydrogens is 358 g/mol. The van der Waals surface area contributed by atoms with E-state index in [0.29, 0.717) is 36.4 Å². The molecule has 1 atom stereocenters. The number of amides is 2. The van der Waals surface area contributed by atoms with Crippen LogP contribution in [0.1, 0.15) is 18.9 Å². The van der Waals surface area contributed by atoms with E-state index in [0.717, 1.165) is 18.7 Å². The van der Waals surface area contributed by atoms with Crippen LogP contribution in [-0.2, 0) is 0 Å². The van der Waals surface area contributed by atoms with Crippen LogP contribution in [0.2, 0.25) is 5.02 Å². The number of benzene rings is 1. The van der Waals surface area contributed by atoms with Crippen LogP contribution >= 0.6 is 11.6 Å². The molecule has 140 valence electrons. The number of nitrogens with one attached hydrogen (secondary N) is 1. The van der Waals surface area contributed by atoms with Crippen LogP contribution in [0, 0.1) is 0 Å². The summed E-state index contributed by atoms with van der Waals surface area (Å²) in [6.45, 7) is 5.33. The molecule has 1 aliphatic rings. The van der Waals surface area contributed by atoms with Gasteiger partial charge in [0.2, 0.25) is 11.7 Å². The number of nitrogens with zero attached hydrogens (tertiary/aromatic N) is 4. The third-order valence-electron chi connectivity index (χ3n) is 4.33. The molecular formula is C17H22ClN5O3. The van der Waals surface area contributed by atoms with Crippen LogP contribution in [0.3, 0.4) is 0 Å². The fraction of sp³-hybridized carbons (Fsp3) is 0.471. The Morgan fingerprint density at radius 1 is 1.31 bits per heavy atom. The molecule has 0 spiro atoms. The average Bonchev–Trinajstić information content (AvgIpc) is 3.13. The van der Waals surface area contributed by atoms with Gasteiger partial charge in [-0.25, -0.2) is 4.79 Å². The highest BCUT2D eigenvalue weighted by molar-refractivity contribution is 6.30. The lowest BCUT2D eigenvalue weighted by Crippen LogP contribution is -2.52. The minimum absolute atomic E-state index is 0.135. The highest BCUT2D eigenvalue weighted by Crippen LogP contribution is 2.20. The summed E-state index contributed by atoms with van der Waals surface area (Å²) in [7, 11) is 0. The van der Waals surface area contributed by atoms with Crippen LogP contribution in [0.5, 0.6) is 0 Å². The maximum Gasteiger partial charge on any atom is 0.318 e. The lowest BCUT2D eigenvalue weighted by atomic mass is 10.2. The number of β-amino-alcohol motifs (C(OH)–C–C–N with tert-alkyl or cyclic N) is 1. The Balaban J connectivity index is 1.56. The predicted molar refractivity (Wildman–Crippen MR) is 96.8 cm³/mol. The molecule has 9 heteroatoms. The van der Waals surface area contributed by atoms with Crippen molar-refractivity contribution in [2.45, 2.75) is 13.0 Å². The van der Waals surface area contributed by atoms with Crippen LogP contribution in [-0.4, -0.2) is 70.4 Å². The normalized spacial score (nSPS) is 16.5. The van der Waals surface area contributed by atoms with Gasteiger partial charge >= 0.3 is 6.03 Å². The third-order valence-corrected chi connectivity index (χ3v) is 4.58. The number of aliphatic hydroxyl groups is 1. The van der Waals surface area contributed by atoms with E-state index in [1.165, 1.54) is 0 Å². The monoisotopic (exact) mass is 379 g/mol. The Bertz CT molecular complexity index is 728. The summed E-state index contributed by atoms with van der Waals surface area (Å²) in [5.41, 5.74) is 0.794. The molecule has 1 fully saturated rings. The second-order valence-electron chi connectivity index (χ2n) is 6.19. The Hall–Kier alpha value is -2.16. The topological polar surface area (TPSA) is 94.7 Å². The Morgan fingerprint density at radius 3 is 2.65 bits per heavy atom. The molecule has 2 N–H and O–H groups in total. The third kappa shape index (κ3) is 4.51. The van der Waals surface area contributed by atoms with Crippen molar-refractivity contribution in [1.82, 2.24) is 25.3 Å². The Morgan fingerprint density at radius 2 is 2.00 bits per heavy atom. The number of halogens is 1. The summed E-state index contributed by atoms with van der Waals surface area (Å²) < 4.78 is 5.28. The number of piperazine rings is 1. The molecule has 0 aliphatic carbocycles.